The standard InChI is InChI=1S/C17H19FN2O4S2/c18-14-3-1-13(2-4-14)11-12-19-25(21,22)16-7-9-17(10-8-16)26(23,24)20-15-5-6-15/h1-4,7-10,15,19-20H,5-6,11-12H2. The predicted molar refractivity (Wildman–Crippen MR) is 95.1 cm³/mol. The third-order valence-corrected chi connectivity index (χ3v) is 6.98. The number of sulfonamides is 2. The van der Waals surface area contributed by atoms with Gasteiger partial charge in [0.15, 0.2) is 0 Å². The van der Waals surface area contributed by atoms with Gasteiger partial charge in [-0.05, 0) is 61.2 Å². The summed E-state index contributed by atoms with van der Waals surface area (Å²) in [6.45, 7) is 0.150. The number of nitrogens with one attached hydrogen (secondary N) is 2. The van der Waals surface area contributed by atoms with Crippen molar-refractivity contribution in [3.63, 3.8) is 0 Å². The first kappa shape index (κ1) is 19.0. The number of hydrogen-bond acceptors (Lipinski definition) is 4. The maximum absolute atomic E-state index is 12.9. The van der Waals surface area contributed by atoms with E-state index in [0.29, 0.717) is 6.42 Å². The molecule has 26 heavy (non-hydrogen) atoms. The molecule has 2 aromatic carbocycles. The molecular formula is C17H19FN2O4S2. The van der Waals surface area contributed by atoms with E-state index in [1.165, 1.54) is 36.4 Å². The Morgan fingerprint density at radius 2 is 1.38 bits per heavy atom. The van der Waals surface area contributed by atoms with Gasteiger partial charge in [0.25, 0.3) is 0 Å². The summed E-state index contributed by atoms with van der Waals surface area (Å²) < 4.78 is 66.6. The molecule has 1 fully saturated rings. The Kier molecular flexibility index (Phi) is 5.42. The summed E-state index contributed by atoms with van der Waals surface area (Å²) >= 11 is 0. The van der Waals surface area contributed by atoms with Crippen molar-refractivity contribution in [2.75, 3.05) is 6.54 Å². The fourth-order valence-electron chi connectivity index (χ4n) is 2.35. The second-order valence-electron chi connectivity index (χ2n) is 6.14. The average Bonchev–Trinajstić information content (AvgIpc) is 3.40. The molecule has 140 valence electrons. The maximum Gasteiger partial charge on any atom is 0.240 e. The normalized spacial score (nSPS) is 15.1. The molecule has 3 rings (SSSR count). The van der Waals surface area contributed by atoms with Crippen molar-refractivity contribution in [3.8, 4) is 0 Å². The lowest BCUT2D eigenvalue weighted by Gasteiger charge is -2.09. The van der Waals surface area contributed by atoms with Crippen LogP contribution in [-0.4, -0.2) is 29.4 Å². The first-order chi connectivity index (χ1) is 12.3. The molecule has 2 aromatic rings. The Bertz CT molecular complexity index is 968. The fourth-order valence-corrected chi connectivity index (χ4v) is 4.69. The van der Waals surface area contributed by atoms with Crippen molar-refractivity contribution in [2.24, 2.45) is 0 Å². The minimum atomic E-state index is -3.75. The van der Waals surface area contributed by atoms with Gasteiger partial charge in [-0.1, -0.05) is 12.1 Å². The van der Waals surface area contributed by atoms with Crippen LogP contribution in [0.4, 0.5) is 4.39 Å². The van der Waals surface area contributed by atoms with E-state index >= 15 is 0 Å². The summed E-state index contributed by atoms with van der Waals surface area (Å²) in [4.78, 5) is 0.0247. The number of rotatable bonds is 8. The van der Waals surface area contributed by atoms with E-state index in [4.69, 9.17) is 0 Å². The minimum Gasteiger partial charge on any atom is -0.211 e. The number of benzene rings is 2. The van der Waals surface area contributed by atoms with E-state index in [1.54, 1.807) is 12.1 Å². The molecule has 0 unspecified atom stereocenters. The zero-order valence-corrected chi connectivity index (χ0v) is 15.5. The smallest absolute Gasteiger partial charge is 0.211 e. The molecule has 0 aliphatic heterocycles. The largest absolute Gasteiger partial charge is 0.240 e. The van der Waals surface area contributed by atoms with Crippen molar-refractivity contribution in [1.82, 2.24) is 9.44 Å². The molecule has 0 amide bonds. The summed E-state index contributed by atoms with van der Waals surface area (Å²) in [5, 5.41) is 0. The second kappa shape index (κ2) is 7.43. The quantitative estimate of drug-likeness (QED) is 0.709. The Morgan fingerprint density at radius 1 is 0.846 bits per heavy atom. The van der Waals surface area contributed by atoms with Gasteiger partial charge in [0.2, 0.25) is 20.0 Å². The van der Waals surface area contributed by atoms with Crippen LogP contribution in [0, 0.1) is 5.82 Å². The van der Waals surface area contributed by atoms with Crippen LogP contribution in [0.5, 0.6) is 0 Å². The molecule has 0 aromatic heterocycles. The second-order valence-corrected chi connectivity index (χ2v) is 9.62. The summed E-state index contributed by atoms with van der Waals surface area (Å²) in [7, 11) is -7.36. The Labute approximate surface area is 152 Å². The topological polar surface area (TPSA) is 92.3 Å². The lowest BCUT2D eigenvalue weighted by atomic mass is 10.1. The van der Waals surface area contributed by atoms with Crippen LogP contribution in [0.2, 0.25) is 0 Å². The van der Waals surface area contributed by atoms with Crippen LogP contribution < -0.4 is 9.44 Å². The van der Waals surface area contributed by atoms with E-state index in [0.717, 1.165) is 18.4 Å². The lowest BCUT2D eigenvalue weighted by Crippen LogP contribution is -2.27. The Morgan fingerprint density at radius 3 is 1.92 bits per heavy atom. The first-order valence-corrected chi connectivity index (χ1v) is 11.1. The van der Waals surface area contributed by atoms with E-state index in [9.17, 15) is 21.2 Å². The van der Waals surface area contributed by atoms with Crippen LogP contribution in [0.15, 0.2) is 58.3 Å². The zero-order chi connectivity index (χ0) is 18.8. The molecule has 0 saturated heterocycles. The highest BCUT2D eigenvalue weighted by Gasteiger charge is 2.28. The molecular weight excluding hydrogens is 379 g/mol. The molecule has 0 atom stereocenters. The molecule has 0 heterocycles. The highest BCUT2D eigenvalue weighted by Crippen LogP contribution is 2.22. The third-order valence-electron chi connectivity index (χ3n) is 3.96. The van der Waals surface area contributed by atoms with Crippen molar-refractivity contribution >= 4 is 20.0 Å². The zero-order valence-electron chi connectivity index (χ0n) is 13.9. The maximum atomic E-state index is 12.9. The van der Waals surface area contributed by atoms with Gasteiger partial charge >= 0.3 is 0 Å². The molecule has 1 aliphatic carbocycles. The average molecular weight is 398 g/mol. The van der Waals surface area contributed by atoms with E-state index in [2.05, 4.69) is 9.44 Å². The molecule has 6 nitrogen and oxygen atoms in total. The third kappa shape index (κ3) is 4.88. The number of halogens is 1. The summed E-state index contributed by atoms with van der Waals surface area (Å²) in [5.41, 5.74) is 0.807. The van der Waals surface area contributed by atoms with Crippen molar-refractivity contribution in [2.45, 2.75) is 35.1 Å². The number of hydrogen-bond donors (Lipinski definition) is 2. The SMILES string of the molecule is O=S(=O)(NCCc1ccc(F)cc1)c1ccc(S(=O)(=O)NC2CC2)cc1. The highest BCUT2D eigenvalue weighted by molar-refractivity contribution is 7.90. The summed E-state index contributed by atoms with van der Waals surface area (Å²) in [6, 6.07) is 10.9. The Balaban J connectivity index is 1.62. The molecule has 1 saturated carbocycles. The molecule has 9 heteroatoms. The van der Waals surface area contributed by atoms with E-state index in [1.807, 2.05) is 0 Å². The van der Waals surface area contributed by atoms with Gasteiger partial charge in [-0.25, -0.2) is 30.7 Å². The predicted octanol–water partition coefficient (Wildman–Crippen LogP) is 1.79. The Hall–Kier alpha value is -1.81. The van der Waals surface area contributed by atoms with Crippen molar-refractivity contribution < 1.29 is 21.2 Å². The van der Waals surface area contributed by atoms with E-state index < -0.39 is 20.0 Å². The molecule has 0 radical (unpaired) electrons. The molecule has 0 spiro atoms. The highest BCUT2D eigenvalue weighted by atomic mass is 32.2. The fraction of sp³-hybridized carbons (Fsp3) is 0.294. The van der Waals surface area contributed by atoms with Gasteiger partial charge in [0.05, 0.1) is 9.79 Å². The van der Waals surface area contributed by atoms with Crippen LogP contribution in [-0.2, 0) is 26.5 Å². The van der Waals surface area contributed by atoms with Crippen LogP contribution in [0.25, 0.3) is 0 Å². The summed E-state index contributed by atoms with van der Waals surface area (Å²) in [5.74, 6) is -0.347. The first-order valence-electron chi connectivity index (χ1n) is 8.13. The van der Waals surface area contributed by atoms with Gasteiger partial charge in [-0.2, -0.15) is 0 Å². The van der Waals surface area contributed by atoms with Crippen molar-refractivity contribution in [3.05, 3.63) is 59.9 Å². The van der Waals surface area contributed by atoms with Gasteiger partial charge in [0.1, 0.15) is 5.82 Å². The van der Waals surface area contributed by atoms with Gasteiger partial charge in [-0.15, -0.1) is 0 Å². The van der Waals surface area contributed by atoms with Crippen LogP contribution in [0.3, 0.4) is 0 Å². The van der Waals surface area contributed by atoms with Gasteiger partial charge in [-0.3, -0.25) is 0 Å². The van der Waals surface area contributed by atoms with E-state index in [-0.39, 0.29) is 28.2 Å². The molecule has 1 aliphatic rings. The molecule has 0 bridgehead atoms. The van der Waals surface area contributed by atoms with Crippen LogP contribution >= 0.6 is 0 Å². The minimum absolute atomic E-state index is 0.0121. The van der Waals surface area contributed by atoms with Gasteiger partial charge < -0.3 is 0 Å². The monoisotopic (exact) mass is 398 g/mol. The van der Waals surface area contributed by atoms with Crippen LogP contribution in [0.1, 0.15) is 18.4 Å². The van der Waals surface area contributed by atoms with Crippen molar-refractivity contribution in [1.29, 1.82) is 0 Å². The molecule has 2 N–H and O–H groups in total. The summed E-state index contributed by atoms with van der Waals surface area (Å²) in [6.07, 6.45) is 2.06. The van der Waals surface area contributed by atoms with Gasteiger partial charge in [0, 0.05) is 12.6 Å². The lowest BCUT2D eigenvalue weighted by molar-refractivity contribution is 0.577.